The van der Waals surface area contributed by atoms with Crippen LogP contribution in [0.25, 0.3) is 11.0 Å². The highest BCUT2D eigenvalue weighted by molar-refractivity contribution is 5.79. The molecule has 0 saturated heterocycles. The molecule has 2 aromatic heterocycles. The molecule has 4 heteroatoms. The van der Waals surface area contributed by atoms with Gasteiger partial charge in [-0.2, -0.15) is 0 Å². The monoisotopic (exact) mass is 252 g/mol. The molecule has 0 spiro atoms. The lowest BCUT2D eigenvalue weighted by molar-refractivity contribution is 0.831. The third-order valence-electron chi connectivity index (χ3n) is 3.25. The van der Waals surface area contributed by atoms with Gasteiger partial charge in [0.2, 0.25) is 5.95 Å². The highest BCUT2D eigenvalue weighted by Crippen LogP contribution is 2.20. The predicted molar refractivity (Wildman–Crippen MR) is 77.0 cm³/mol. The number of rotatable bonds is 2. The molecular formula is C15H16N4. The Morgan fingerprint density at radius 2 is 2.00 bits per heavy atom. The van der Waals surface area contributed by atoms with Crippen molar-refractivity contribution in [2.45, 2.75) is 20.4 Å². The summed E-state index contributed by atoms with van der Waals surface area (Å²) in [6.45, 7) is 4.73. The van der Waals surface area contributed by atoms with Gasteiger partial charge >= 0.3 is 0 Å². The van der Waals surface area contributed by atoms with Gasteiger partial charge in [0.15, 0.2) is 0 Å². The third-order valence-corrected chi connectivity index (χ3v) is 3.25. The Balaban J connectivity index is 2.05. The number of benzene rings is 1. The minimum Gasteiger partial charge on any atom is -0.369 e. The van der Waals surface area contributed by atoms with E-state index in [1.54, 1.807) is 0 Å². The van der Waals surface area contributed by atoms with Gasteiger partial charge in [-0.3, -0.25) is 4.98 Å². The van der Waals surface area contributed by atoms with E-state index in [-0.39, 0.29) is 0 Å². The normalized spacial score (nSPS) is 11.1. The summed E-state index contributed by atoms with van der Waals surface area (Å²) in [5.41, 5.74) is 11.3. The number of hydrogen-bond donors (Lipinski definition) is 1. The van der Waals surface area contributed by atoms with E-state index >= 15 is 0 Å². The fourth-order valence-electron chi connectivity index (χ4n) is 2.20. The van der Waals surface area contributed by atoms with Gasteiger partial charge in [-0.25, -0.2) is 4.98 Å². The summed E-state index contributed by atoms with van der Waals surface area (Å²) in [4.78, 5) is 8.72. The smallest absolute Gasteiger partial charge is 0.201 e. The largest absolute Gasteiger partial charge is 0.369 e. The van der Waals surface area contributed by atoms with E-state index in [0.717, 1.165) is 22.3 Å². The van der Waals surface area contributed by atoms with Crippen LogP contribution < -0.4 is 5.73 Å². The van der Waals surface area contributed by atoms with Gasteiger partial charge < -0.3 is 10.3 Å². The number of anilines is 1. The molecule has 0 aliphatic carbocycles. The molecule has 2 N–H and O–H groups in total. The van der Waals surface area contributed by atoms with Crippen LogP contribution in [0.3, 0.4) is 0 Å². The first-order valence-electron chi connectivity index (χ1n) is 6.27. The summed E-state index contributed by atoms with van der Waals surface area (Å²) in [5, 5.41) is 0. The van der Waals surface area contributed by atoms with Crippen LogP contribution in [0.4, 0.5) is 5.95 Å². The SMILES string of the molecule is Cc1ccc2c(c1)nc(N)n2Cc1ccc(C)nc1. The number of aromatic nitrogens is 3. The molecular weight excluding hydrogens is 236 g/mol. The fraction of sp³-hybridized carbons (Fsp3) is 0.200. The molecule has 0 saturated carbocycles. The van der Waals surface area contributed by atoms with E-state index in [0.29, 0.717) is 12.5 Å². The molecule has 0 radical (unpaired) electrons. The molecule has 0 amide bonds. The minimum absolute atomic E-state index is 0.543. The molecule has 96 valence electrons. The van der Waals surface area contributed by atoms with Gasteiger partial charge in [-0.05, 0) is 43.2 Å². The van der Waals surface area contributed by atoms with Gasteiger partial charge in [-0.15, -0.1) is 0 Å². The summed E-state index contributed by atoms with van der Waals surface area (Å²) < 4.78 is 2.02. The van der Waals surface area contributed by atoms with E-state index in [2.05, 4.69) is 41.2 Å². The lowest BCUT2D eigenvalue weighted by Gasteiger charge is -2.06. The molecule has 4 nitrogen and oxygen atoms in total. The zero-order valence-corrected chi connectivity index (χ0v) is 11.1. The first kappa shape index (κ1) is 11.7. The molecule has 3 rings (SSSR count). The van der Waals surface area contributed by atoms with Gasteiger partial charge in [0, 0.05) is 11.9 Å². The number of aryl methyl sites for hydroxylation is 2. The average Bonchev–Trinajstić information content (AvgIpc) is 2.68. The molecule has 0 aliphatic rings. The number of hydrogen-bond acceptors (Lipinski definition) is 3. The Labute approximate surface area is 111 Å². The van der Waals surface area contributed by atoms with Crippen molar-refractivity contribution in [2.24, 2.45) is 0 Å². The fourth-order valence-corrected chi connectivity index (χ4v) is 2.20. The van der Waals surface area contributed by atoms with Crippen LogP contribution in [-0.4, -0.2) is 14.5 Å². The topological polar surface area (TPSA) is 56.7 Å². The van der Waals surface area contributed by atoms with Gasteiger partial charge in [-0.1, -0.05) is 12.1 Å². The molecule has 0 aliphatic heterocycles. The second-order valence-electron chi connectivity index (χ2n) is 4.86. The van der Waals surface area contributed by atoms with Crippen LogP contribution in [0.2, 0.25) is 0 Å². The average molecular weight is 252 g/mol. The maximum absolute atomic E-state index is 6.01. The van der Waals surface area contributed by atoms with Gasteiger partial charge in [0.25, 0.3) is 0 Å². The highest BCUT2D eigenvalue weighted by Gasteiger charge is 2.08. The zero-order chi connectivity index (χ0) is 13.4. The molecule has 1 aromatic carbocycles. The molecule has 2 heterocycles. The summed E-state index contributed by atoms with van der Waals surface area (Å²) in [6.07, 6.45) is 1.88. The van der Waals surface area contributed by atoms with Crippen molar-refractivity contribution in [3.8, 4) is 0 Å². The summed E-state index contributed by atoms with van der Waals surface area (Å²) in [6, 6.07) is 10.3. The van der Waals surface area contributed by atoms with Crippen molar-refractivity contribution in [1.29, 1.82) is 0 Å². The second-order valence-corrected chi connectivity index (χ2v) is 4.86. The lowest BCUT2D eigenvalue weighted by atomic mass is 10.2. The number of nitrogens with zero attached hydrogens (tertiary/aromatic N) is 3. The Hall–Kier alpha value is -2.36. The van der Waals surface area contributed by atoms with Crippen LogP contribution in [0.15, 0.2) is 36.5 Å². The maximum Gasteiger partial charge on any atom is 0.201 e. The number of imidazole rings is 1. The number of fused-ring (bicyclic) bond motifs is 1. The Morgan fingerprint density at radius 1 is 1.16 bits per heavy atom. The summed E-state index contributed by atoms with van der Waals surface area (Å²) in [5.74, 6) is 0.543. The Bertz CT molecular complexity index is 726. The molecule has 0 fully saturated rings. The van der Waals surface area contributed by atoms with Crippen LogP contribution in [-0.2, 0) is 6.54 Å². The van der Waals surface area contributed by atoms with E-state index in [9.17, 15) is 0 Å². The molecule has 0 bridgehead atoms. The van der Waals surface area contributed by atoms with E-state index in [1.165, 1.54) is 5.56 Å². The van der Waals surface area contributed by atoms with E-state index in [4.69, 9.17) is 5.73 Å². The van der Waals surface area contributed by atoms with Crippen molar-refractivity contribution in [3.63, 3.8) is 0 Å². The predicted octanol–water partition coefficient (Wildman–Crippen LogP) is 2.68. The van der Waals surface area contributed by atoms with Crippen molar-refractivity contribution in [2.75, 3.05) is 5.73 Å². The second kappa shape index (κ2) is 4.39. The van der Waals surface area contributed by atoms with E-state index in [1.807, 2.05) is 23.8 Å². The Kier molecular flexibility index (Phi) is 2.71. The number of nitrogens with two attached hydrogens (primary N) is 1. The number of pyridine rings is 1. The quantitative estimate of drug-likeness (QED) is 0.763. The standard InChI is InChI=1S/C15H16N4/c1-10-3-6-14-13(7-10)18-15(16)19(14)9-12-5-4-11(2)17-8-12/h3-8H,9H2,1-2H3,(H2,16,18). The highest BCUT2D eigenvalue weighted by atomic mass is 15.1. The molecule has 0 unspecified atom stereocenters. The van der Waals surface area contributed by atoms with Crippen molar-refractivity contribution >= 4 is 17.0 Å². The van der Waals surface area contributed by atoms with Crippen LogP contribution in [0.1, 0.15) is 16.8 Å². The van der Waals surface area contributed by atoms with Crippen LogP contribution in [0, 0.1) is 13.8 Å². The zero-order valence-electron chi connectivity index (χ0n) is 11.1. The van der Waals surface area contributed by atoms with Crippen molar-refractivity contribution in [1.82, 2.24) is 14.5 Å². The van der Waals surface area contributed by atoms with Crippen molar-refractivity contribution < 1.29 is 0 Å². The van der Waals surface area contributed by atoms with Gasteiger partial charge in [0.1, 0.15) is 0 Å². The first-order chi connectivity index (χ1) is 9.13. The van der Waals surface area contributed by atoms with Gasteiger partial charge in [0.05, 0.1) is 17.6 Å². The minimum atomic E-state index is 0.543. The third kappa shape index (κ3) is 2.17. The maximum atomic E-state index is 6.01. The molecule has 19 heavy (non-hydrogen) atoms. The molecule has 3 aromatic rings. The van der Waals surface area contributed by atoms with Crippen LogP contribution in [0.5, 0.6) is 0 Å². The summed E-state index contributed by atoms with van der Waals surface area (Å²) >= 11 is 0. The van der Waals surface area contributed by atoms with E-state index < -0.39 is 0 Å². The molecule has 0 atom stereocenters. The number of nitrogen functional groups attached to an aromatic ring is 1. The Morgan fingerprint density at radius 3 is 2.74 bits per heavy atom. The van der Waals surface area contributed by atoms with Crippen LogP contribution >= 0.6 is 0 Å². The van der Waals surface area contributed by atoms with Crippen molar-refractivity contribution in [3.05, 3.63) is 53.3 Å². The first-order valence-corrected chi connectivity index (χ1v) is 6.27. The lowest BCUT2D eigenvalue weighted by Crippen LogP contribution is -2.04. The summed E-state index contributed by atoms with van der Waals surface area (Å²) in [7, 11) is 0.